The molecule has 2 aromatic heterocycles. The lowest BCUT2D eigenvalue weighted by Crippen LogP contribution is -2.05. The molecular formula is C23H19BrN4O3S. The maximum absolute atomic E-state index is 12.9. The van der Waals surface area contributed by atoms with Crippen molar-refractivity contribution in [2.24, 2.45) is 0 Å². The molecule has 7 nitrogen and oxygen atoms in total. The van der Waals surface area contributed by atoms with Gasteiger partial charge in [0.2, 0.25) is 0 Å². The first-order valence-corrected chi connectivity index (χ1v) is 11.4. The van der Waals surface area contributed by atoms with E-state index in [1.165, 1.54) is 11.8 Å². The van der Waals surface area contributed by atoms with Crippen LogP contribution in [0.4, 0.5) is 0 Å². The van der Waals surface area contributed by atoms with Crippen LogP contribution in [0.25, 0.3) is 17.1 Å². The largest absolute Gasteiger partial charge is 0.493 e. The number of Topliss-reactive ketones (excluding diaryl/α,β-unsaturated/α-hetero) is 1. The second-order valence-electron chi connectivity index (χ2n) is 6.64. The predicted octanol–water partition coefficient (Wildman–Crippen LogP) is 5.08. The normalized spacial score (nSPS) is 10.7. The van der Waals surface area contributed by atoms with Crippen molar-refractivity contribution in [2.75, 3.05) is 20.0 Å². The van der Waals surface area contributed by atoms with Gasteiger partial charge in [-0.1, -0.05) is 27.7 Å². The van der Waals surface area contributed by atoms with Crippen molar-refractivity contribution in [1.82, 2.24) is 19.7 Å². The van der Waals surface area contributed by atoms with E-state index >= 15 is 0 Å². The fraction of sp³-hybridized carbons (Fsp3) is 0.130. The van der Waals surface area contributed by atoms with Gasteiger partial charge in [-0.3, -0.25) is 14.3 Å². The van der Waals surface area contributed by atoms with Gasteiger partial charge in [-0.2, -0.15) is 0 Å². The Morgan fingerprint density at radius 3 is 2.50 bits per heavy atom. The zero-order valence-corrected chi connectivity index (χ0v) is 19.8. The number of pyridine rings is 1. The Morgan fingerprint density at radius 2 is 1.81 bits per heavy atom. The van der Waals surface area contributed by atoms with Gasteiger partial charge in [-0.25, -0.2) is 0 Å². The Balaban J connectivity index is 1.63. The van der Waals surface area contributed by atoms with Crippen molar-refractivity contribution in [3.8, 4) is 28.6 Å². The number of ether oxygens (including phenoxy) is 2. The summed E-state index contributed by atoms with van der Waals surface area (Å²) >= 11 is 4.79. The molecule has 0 unspecified atom stereocenters. The lowest BCUT2D eigenvalue weighted by atomic mass is 10.1. The van der Waals surface area contributed by atoms with Gasteiger partial charge >= 0.3 is 0 Å². The van der Waals surface area contributed by atoms with Crippen molar-refractivity contribution < 1.29 is 14.3 Å². The molecule has 0 aliphatic rings. The third kappa shape index (κ3) is 4.68. The lowest BCUT2D eigenvalue weighted by Gasteiger charge is -2.11. The minimum absolute atomic E-state index is 0.0516. The highest BCUT2D eigenvalue weighted by Crippen LogP contribution is 2.31. The highest BCUT2D eigenvalue weighted by atomic mass is 79.9. The van der Waals surface area contributed by atoms with E-state index < -0.39 is 0 Å². The van der Waals surface area contributed by atoms with Crippen LogP contribution in [0.5, 0.6) is 11.5 Å². The first kappa shape index (κ1) is 22.0. The van der Waals surface area contributed by atoms with Crippen molar-refractivity contribution >= 4 is 33.5 Å². The van der Waals surface area contributed by atoms with E-state index in [1.807, 2.05) is 41.0 Å². The fourth-order valence-corrected chi connectivity index (χ4v) is 4.20. The molecule has 0 saturated heterocycles. The van der Waals surface area contributed by atoms with Crippen LogP contribution in [-0.2, 0) is 0 Å². The maximum atomic E-state index is 12.9. The number of carbonyl (C=O) groups excluding carboxylic acids is 1. The summed E-state index contributed by atoms with van der Waals surface area (Å²) in [5.74, 6) is 1.88. The number of halogens is 1. The van der Waals surface area contributed by atoms with Gasteiger partial charge in [0.15, 0.2) is 28.3 Å². The van der Waals surface area contributed by atoms with E-state index in [4.69, 9.17) is 9.47 Å². The van der Waals surface area contributed by atoms with Gasteiger partial charge in [0.05, 0.1) is 20.0 Å². The van der Waals surface area contributed by atoms with Gasteiger partial charge < -0.3 is 9.47 Å². The molecular weight excluding hydrogens is 492 g/mol. The number of methoxy groups -OCH3 is 2. The monoisotopic (exact) mass is 510 g/mol. The molecule has 2 heterocycles. The molecule has 32 heavy (non-hydrogen) atoms. The number of nitrogens with zero attached hydrogens (tertiary/aromatic N) is 4. The molecule has 4 rings (SSSR count). The Bertz CT molecular complexity index is 1230. The van der Waals surface area contributed by atoms with E-state index in [1.54, 1.807) is 44.8 Å². The summed E-state index contributed by atoms with van der Waals surface area (Å²) in [6, 6.07) is 16.7. The summed E-state index contributed by atoms with van der Waals surface area (Å²) in [6.45, 7) is 0. The fourth-order valence-electron chi connectivity index (χ4n) is 3.09. The van der Waals surface area contributed by atoms with Crippen LogP contribution in [-0.4, -0.2) is 45.5 Å². The minimum atomic E-state index is -0.0516. The van der Waals surface area contributed by atoms with Gasteiger partial charge in [-0.15, -0.1) is 10.2 Å². The predicted molar refractivity (Wildman–Crippen MR) is 127 cm³/mol. The molecule has 162 valence electrons. The number of carbonyl (C=O) groups is 1. The van der Waals surface area contributed by atoms with Crippen LogP contribution in [0.15, 0.2) is 76.6 Å². The van der Waals surface area contributed by atoms with Crippen LogP contribution in [0.1, 0.15) is 10.4 Å². The molecule has 4 aromatic rings. The highest BCUT2D eigenvalue weighted by Gasteiger charge is 2.18. The summed E-state index contributed by atoms with van der Waals surface area (Å²) in [6.07, 6.45) is 3.45. The second kappa shape index (κ2) is 9.97. The maximum Gasteiger partial charge on any atom is 0.196 e. The zero-order chi connectivity index (χ0) is 22.5. The summed E-state index contributed by atoms with van der Waals surface area (Å²) in [4.78, 5) is 17.1. The Labute approximate surface area is 197 Å². The number of hydrogen-bond donors (Lipinski definition) is 0. The number of rotatable bonds is 8. The second-order valence-corrected chi connectivity index (χ2v) is 8.50. The summed E-state index contributed by atoms with van der Waals surface area (Å²) < 4.78 is 13.4. The van der Waals surface area contributed by atoms with Gasteiger partial charge in [0, 0.05) is 33.7 Å². The number of thioether (sulfide) groups is 1. The Hall–Kier alpha value is -3.17. The van der Waals surface area contributed by atoms with Crippen molar-refractivity contribution in [1.29, 1.82) is 0 Å². The van der Waals surface area contributed by atoms with E-state index in [2.05, 4.69) is 31.1 Å². The summed E-state index contributed by atoms with van der Waals surface area (Å²) in [5.41, 5.74) is 2.26. The molecule has 0 aliphatic carbocycles. The van der Waals surface area contributed by atoms with Gasteiger partial charge in [-0.05, 0) is 54.6 Å². The first-order chi connectivity index (χ1) is 15.6. The topological polar surface area (TPSA) is 79.1 Å². The first-order valence-electron chi connectivity index (χ1n) is 9.60. The van der Waals surface area contributed by atoms with Crippen molar-refractivity contribution in [2.45, 2.75) is 5.16 Å². The molecule has 2 aromatic carbocycles. The van der Waals surface area contributed by atoms with Crippen molar-refractivity contribution in [3.63, 3.8) is 0 Å². The van der Waals surface area contributed by atoms with Gasteiger partial charge in [0.1, 0.15) is 0 Å². The third-order valence-electron chi connectivity index (χ3n) is 4.68. The van der Waals surface area contributed by atoms with Crippen LogP contribution in [0.2, 0.25) is 0 Å². The molecule has 9 heteroatoms. The van der Waals surface area contributed by atoms with Crippen LogP contribution >= 0.6 is 27.7 Å². The molecule has 0 radical (unpaired) electrons. The van der Waals surface area contributed by atoms with E-state index in [-0.39, 0.29) is 11.5 Å². The Morgan fingerprint density at radius 1 is 1.03 bits per heavy atom. The molecule has 0 spiro atoms. The average Bonchev–Trinajstić information content (AvgIpc) is 3.27. The number of benzene rings is 2. The van der Waals surface area contributed by atoms with Crippen molar-refractivity contribution in [3.05, 3.63) is 77.0 Å². The quantitative estimate of drug-likeness (QED) is 0.241. The van der Waals surface area contributed by atoms with Crippen LogP contribution in [0.3, 0.4) is 0 Å². The van der Waals surface area contributed by atoms with Crippen LogP contribution in [0, 0.1) is 0 Å². The standard InChI is InChI=1S/C23H19BrN4O3S/c1-30-20-10-5-15(12-21(20)31-2)19(29)14-32-23-27-26-22(16-4-3-11-25-13-16)28(23)18-8-6-17(24)7-9-18/h3-13H,14H2,1-2H3. The van der Waals surface area contributed by atoms with E-state index in [0.717, 1.165) is 15.7 Å². The average molecular weight is 511 g/mol. The van der Waals surface area contributed by atoms with E-state index in [9.17, 15) is 4.79 Å². The zero-order valence-electron chi connectivity index (χ0n) is 17.4. The van der Waals surface area contributed by atoms with Gasteiger partial charge in [0.25, 0.3) is 0 Å². The van der Waals surface area contributed by atoms with Crippen LogP contribution < -0.4 is 9.47 Å². The highest BCUT2D eigenvalue weighted by molar-refractivity contribution is 9.10. The number of ketones is 1. The summed E-state index contributed by atoms with van der Waals surface area (Å²) in [7, 11) is 3.10. The number of hydrogen-bond acceptors (Lipinski definition) is 7. The molecule has 0 saturated carbocycles. The molecule has 0 bridgehead atoms. The molecule has 0 N–H and O–H groups in total. The lowest BCUT2D eigenvalue weighted by molar-refractivity contribution is 0.102. The number of aromatic nitrogens is 4. The smallest absolute Gasteiger partial charge is 0.196 e. The Kier molecular flexibility index (Phi) is 6.87. The third-order valence-corrected chi connectivity index (χ3v) is 6.13. The minimum Gasteiger partial charge on any atom is -0.493 e. The SMILES string of the molecule is COc1ccc(C(=O)CSc2nnc(-c3cccnc3)n2-c2ccc(Br)cc2)cc1OC. The molecule has 0 atom stereocenters. The molecule has 0 fully saturated rings. The summed E-state index contributed by atoms with van der Waals surface area (Å²) in [5, 5.41) is 9.35. The van der Waals surface area contributed by atoms with E-state index in [0.29, 0.717) is 28.0 Å². The molecule has 0 aliphatic heterocycles. The molecule has 0 amide bonds.